The van der Waals surface area contributed by atoms with Crippen molar-refractivity contribution in [1.29, 1.82) is 0 Å². The van der Waals surface area contributed by atoms with Crippen molar-refractivity contribution < 1.29 is 19.0 Å². The second kappa shape index (κ2) is 12.0. The van der Waals surface area contributed by atoms with Gasteiger partial charge in [-0.05, 0) is 52.6 Å². The molecule has 0 unspecified atom stereocenters. The molecule has 0 aliphatic rings. The maximum atomic E-state index is 12.1. The quantitative estimate of drug-likeness (QED) is 0.249. The van der Waals surface area contributed by atoms with Crippen LogP contribution in [0.3, 0.4) is 0 Å². The number of carbonyl (C=O) groups is 1. The average Bonchev–Trinajstić information content (AvgIpc) is 2.92. The van der Waals surface area contributed by atoms with Crippen LogP contribution < -0.4 is 19.6 Å². The van der Waals surface area contributed by atoms with Crippen molar-refractivity contribution in [2.24, 2.45) is 5.10 Å². The Labute approximate surface area is 204 Å². The maximum absolute atomic E-state index is 12.1. The van der Waals surface area contributed by atoms with E-state index in [4.69, 9.17) is 14.2 Å². The summed E-state index contributed by atoms with van der Waals surface area (Å²) in [5.41, 5.74) is 6.50. The molecule has 0 atom stereocenters. The smallest absolute Gasteiger partial charge is 0.277 e. The average molecular weight is 467 g/mol. The number of hydrogen-bond donors (Lipinski definition) is 1. The van der Waals surface area contributed by atoms with E-state index in [-0.39, 0.29) is 12.5 Å². The fourth-order valence-electron chi connectivity index (χ4n) is 3.35. The SMILES string of the molecule is COc1cc(/C=N\NC(=O)COc2ccc(-c3ccccc3)cc2)ccc1OCc1ccccc1. The summed E-state index contributed by atoms with van der Waals surface area (Å²) in [6, 6.07) is 33.0. The molecule has 6 heteroatoms. The van der Waals surface area contributed by atoms with E-state index in [0.29, 0.717) is 23.9 Å². The van der Waals surface area contributed by atoms with Crippen molar-refractivity contribution in [3.05, 3.63) is 114 Å². The van der Waals surface area contributed by atoms with Crippen molar-refractivity contribution in [2.45, 2.75) is 6.61 Å². The van der Waals surface area contributed by atoms with Crippen LogP contribution in [0.4, 0.5) is 0 Å². The van der Waals surface area contributed by atoms with Crippen LogP contribution in [0.15, 0.2) is 108 Å². The Balaban J connectivity index is 1.25. The Morgan fingerprint density at radius 2 is 1.49 bits per heavy atom. The number of hydrazone groups is 1. The van der Waals surface area contributed by atoms with Crippen LogP contribution >= 0.6 is 0 Å². The molecule has 1 amide bonds. The Morgan fingerprint density at radius 1 is 0.800 bits per heavy atom. The molecule has 6 nitrogen and oxygen atoms in total. The van der Waals surface area contributed by atoms with Gasteiger partial charge in [0.15, 0.2) is 18.1 Å². The van der Waals surface area contributed by atoms with Crippen molar-refractivity contribution in [1.82, 2.24) is 5.43 Å². The van der Waals surface area contributed by atoms with Crippen molar-refractivity contribution >= 4 is 12.1 Å². The lowest BCUT2D eigenvalue weighted by molar-refractivity contribution is -0.123. The van der Waals surface area contributed by atoms with Gasteiger partial charge in [0, 0.05) is 0 Å². The predicted octanol–water partition coefficient (Wildman–Crippen LogP) is 5.47. The molecule has 176 valence electrons. The zero-order chi connectivity index (χ0) is 24.3. The van der Waals surface area contributed by atoms with Crippen LogP contribution in [0.2, 0.25) is 0 Å². The normalized spacial score (nSPS) is 10.7. The fraction of sp³-hybridized carbons (Fsp3) is 0.103. The first-order valence-electron chi connectivity index (χ1n) is 11.2. The predicted molar refractivity (Wildman–Crippen MR) is 137 cm³/mol. The number of nitrogens with one attached hydrogen (secondary N) is 1. The van der Waals surface area contributed by atoms with Crippen molar-refractivity contribution in [2.75, 3.05) is 13.7 Å². The summed E-state index contributed by atoms with van der Waals surface area (Å²) in [7, 11) is 1.58. The molecule has 0 saturated carbocycles. The second-order valence-corrected chi connectivity index (χ2v) is 7.66. The van der Waals surface area contributed by atoms with Crippen molar-refractivity contribution in [3.63, 3.8) is 0 Å². The van der Waals surface area contributed by atoms with E-state index >= 15 is 0 Å². The van der Waals surface area contributed by atoms with Gasteiger partial charge in [0.1, 0.15) is 12.4 Å². The Bertz CT molecular complexity index is 1260. The standard InChI is InChI=1S/C29H26N2O4/c1-33-28-18-23(12-17-27(28)35-20-22-8-4-2-5-9-22)19-30-31-29(32)21-34-26-15-13-25(14-16-26)24-10-6-3-7-11-24/h2-19H,20-21H2,1H3,(H,31,32)/b30-19-. The largest absolute Gasteiger partial charge is 0.493 e. The highest BCUT2D eigenvalue weighted by Crippen LogP contribution is 2.28. The molecule has 4 aromatic carbocycles. The Morgan fingerprint density at radius 3 is 2.20 bits per heavy atom. The van der Waals surface area contributed by atoms with Gasteiger partial charge in [-0.25, -0.2) is 5.43 Å². The number of carbonyl (C=O) groups excluding carboxylic acids is 1. The van der Waals surface area contributed by atoms with Gasteiger partial charge in [-0.1, -0.05) is 72.8 Å². The molecule has 4 rings (SSSR count). The third kappa shape index (κ3) is 6.95. The molecule has 0 bridgehead atoms. The Hall–Kier alpha value is -4.58. The first-order chi connectivity index (χ1) is 17.2. The molecule has 0 aliphatic heterocycles. The number of amides is 1. The first-order valence-corrected chi connectivity index (χ1v) is 11.2. The number of benzene rings is 4. The van der Waals surface area contributed by atoms with Gasteiger partial charge in [0.05, 0.1) is 13.3 Å². The van der Waals surface area contributed by atoms with Crippen LogP contribution in [0.1, 0.15) is 11.1 Å². The van der Waals surface area contributed by atoms with Gasteiger partial charge in [0.25, 0.3) is 5.91 Å². The van der Waals surface area contributed by atoms with Crippen molar-refractivity contribution in [3.8, 4) is 28.4 Å². The second-order valence-electron chi connectivity index (χ2n) is 7.66. The topological polar surface area (TPSA) is 69.2 Å². The number of nitrogens with zero attached hydrogens (tertiary/aromatic N) is 1. The van der Waals surface area contributed by atoms with Gasteiger partial charge >= 0.3 is 0 Å². The highest BCUT2D eigenvalue weighted by atomic mass is 16.5. The van der Waals surface area contributed by atoms with Crippen LogP contribution in [-0.2, 0) is 11.4 Å². The molecule has 0 radical (unpaired) electrons. The lowest BCUT2D eigenvalue weighted by atomic mass is 10.1. The summed E-state index contributed by atoms with van der Waals surface area (Å²) < 4.78 is 16.8. The van der Waals surface area contributed by atoms with E-state index in [1.165, 1.54) is 6.21 Å². The van der Waals surface area contributed by atoms with Gasteiger partial charge in [-0.15, -0.1) is 0 Å². The third-order valence-corrected chi connectivity index (χ3v) is 5.16. The molecule has 1 N–H and O–H groups in total. The van der Waals surface area contributed by atoms with Gasteiger partial charge in [-0.3, -0.25) is 4.79 Å². The monoisotopic (exact) mass is 466 g/mol. The summed E-state index contributed by atoms with van der Waals surface area (Å²) >= 11 is 0. The summed E-state index contributed by atoms with van der Waals surface area (Å²) in [6.45, 7) is 0.299. The van der Waals surface area contributed by atoms with Gasteiger partial charge < -0.3 is 14.2 Å². The lowest BCUT2D eigenvalue weighted by Crippen LogP contribution is -2.24. The van der Waals surface area contributed by atoms with Crippen LogP contribution in [-0.4, -0.2) is 25.8 Å². The highest BCUT2D eigenvalue weighted by molar-refractivity contribution is 5.83. The third-order valence-electron chi connectivity index (χ3n) is 5.16. The minimum atomic E-state index is -0.358. The van der Waals surface area contributed by atoms with E-state index in [9.17, 15) is 4.79 Å². The molecular weight excluding hydrogens is 440 g/mol. The summed E-state index contributed by atoms with van der Waals surface area (Å²) in [6.07, 6.45) is 1.54. The first kappa shape index (κ1) is 23.6. The van der Waals surface area contributed by atoms with Crippen LogP contribution in [0, 0.1) is 0 Å². The van der Waals surface area contributed by atoms with E-state index in [0.717, 1.165) is 22.3 Å². The number of methoxy groups -OCH3 is 1. The molecule has 0 aliphatic carbocycles. The number of ether oxygens (including phenoxy) is 3. The molecular formula is C29H26N2O4. The minimum absolute atomic E-state index is 0.141. The fourth-order valence-corrected chi connectivity index (χ4v) is 3.35. The van der Waals surface area contributed by atoms with E-state index in [1.54, 1.807) is 13.2 Å². The van der Waals surface area contributed by atoms with Gasteiger partial charge in [0.2, 0.25) is 0 Å². The number of hydrogen-bond acceptors (Lipinski definition) is 5. The molecule has 35 heavy (non-hydrogen) atoms. The molecule has 0 fully saturated rings. The molecule has 0 aromatic heterocycles. The summed E-state index contributed by atoms with van der Waals surface area (Å²) in [4.78, 5) is 12.1. The molecule has 0 heterocycles. The minimum Gasteiger partial charge on any atom is -0.493 e. The van der Waals surface area contributed by atoms with Gasteiger partial charge in [-0.2, -0.15) is 5.10 Å². The Kier molecular flexibility index (Phi) is 8.11. The zero-order valence-electron chi connectivity index (χ0n) is 19.4. The summed E-state index contributed by atoms with van der Waals surface area (Å²) in [5, 5.41) is 4.01. The maximum Gasteiger partial charge on any atom is 0.277 e. The van der Waals surface area contributed by atoms with Crippen LogP contribution in [0.5, 0.6) is 17.2 Å². The number of rotatable bonds is 10. The van der Waals surface area contributed by atoms with E-state index in [1.807, 2.05) is 97.1 Å². The summed E-state index contributed by atoms with van der Waals surface area (Å²) in [5.74, 6) is 1.46. The molecule has 4 aromatic rings. The van der Waals surface area contributed by atoms with Crippen LogP contribution in [0.25, 0.3) is 11.1 Å². The zero-order valence-corrected chi connectivity index (χ0v) is 19.4. The molecule has 0 spiro atoms. The van der Waals surface area contributed by atoms with E-state index < -0.39 is 0 Å². The highest BCUT2D eigenvalue weighted by Gasteiger charge is 2.06. The van der Waals surface area contributed by atoms with E-state index in [2.05, 4.69) is 10.5 Å². The molecule has 0 saturated heterocycles. The lowest BCUT2D eigenvalue weighted by Gasteiger charge is -2.11.